The van der Waals surface area contributed by atoms with E-state index in [1.807, 2.05) is 0 Å². The summed E-state index contributed by atoms with van der Waals surface area (Å²) in [7, 11) is 0. The summed E-state index contributed by atoms with van der Waals surface area (Å²) in [6.07, 6.45) is 0. The Morgan fingerprint density at radius 1 is 0.273 bits per heavy atom. The summed E-state index contributed by atoms with van der Waals surface area (Å²) < 4.78 is 0. The van der Waals surface area contributed by atoms with Gasteiger partial charge in [0.25, 0.3) is 0 Å². The van der Waals surface area contributed by atoms with Gasteiger partial charge in [-0.3, -0.25) is 0 Å². The molecule has 8 aromatic carbocycles. The van der Waals surface area contributed by atoms with Crippen LogP contribution in [0.4, 0.5) is 17.1 Å². The molecule has 264 valence electrons. The molecular weight excluding hydrogens is 663 g/mol. The molecule has 0 radical (unpaired) electrons. The molecule has 0 saturated heterocycles. The number of anilines is 3. The molecule has 1 heteroatoms. The summed E-state index contributed by atoms with van der Waals surface area (Å²) in [5.74, 6) is 0. The van der Waals surface area contributed by atoms with Gasteiger partial charge in [-0.25, -0.2) is 0 Å². The fourth-order valence-corrected chi connectivity index (χ4v) is 9.24. The first kappa shape index (κ1) is 33.2. The van der Waals surface area contributed by atoms with E-state index in [-0.39, 0.29) is 10.8 Å². The van der Waals surface area contributed by atoms with Gasteiger partial charge in [-0.05, 0) is 120 Å². The number of hydrogen-bond acceptors (Lipinski definition) is 1. The minimum Gasteiger partial charge on any atom is -0.310 e. The van der Waals surface area contributed by atoms with Gasteiger partial charge >= 0.3 is 0 Å². The van der Waals surface area contributed by atoms with Crippen LogP contribution in [0.25, 0.3) is 55.6 Å². The zero-order chi connectivity index (χ0) is 37.3. The molecule has 0 unspecified atom stereocenters. The Bertz CT molecular complexity index is 2720. The molecule has 0 amide bonds. The summed E-state index contributed by atoms with van der Waals surface area (Å²) in [6, 6.07) is 69.5. The highest BCUT2D eigenvalue weighted by molar-refractivity contribution is 5.89. The summed E-state index contributed by atoms with van der Waals surface area (Å²) in [5, 5.41) is 0. The molecule has 2 aliphatic rings. The molecule has 0 fully saturated rings. The van der Waals surface area contributed by atoms with Crippen LogP contribution in [0.1, 0.15) is 49.9 Å². The third-order valence-corrected chi connectivity index (χ3v) is 12.3. The van der Waals surface area contributed by atoms with E-state index >= 15 is 0 Å². The van der Waals surface area contributed by atoms with Crippen molar-refractivity contribution >= 4 is 17.1 Å². The smallest absolute Gasteiger partial charge is 0.0465 e. The second-order valence-corrected chi connectivity index (χ2v) is 16.2. The molecule has 55 heavy (non-hydrogen) atoms. The fourth-order valence-electron chi connectivity index (χ4n) is 9.24. The summed E-state index contributed by atoms with van der Waals surface area (Å²) in [6.45, 7) is 9.49. The van der Waals surface area contributed by atoms with Crippen LogP contribution in [-0.2, 0) is 10.8 Å². The molecule has 0 aromatic heterocycles. The van der Waals surface area contributed by atoms with Crippen LogP contribution in [0.3, 0.4) is 0 Å². The van der Waals surface area contributed by atoms with Crippen molar-refractivity contribution in [3.63, 3.8) is 0 Å². The minimum absolute atomic E-state index is 0.0958. The van der Waals surface area contributed by atoms with Crippen molar-refractivity contribution in [1.29, 1.82) is 0 Å². The highest BCUT2D eigenvalue weighted by atomic mass is 15.1. The van der Waals surface area contributed by atoms with Gasteiger partial charge in [0.1, 0.15) is 0 Å². The molecule has 0 atom stereocenters. The number of benzene rings is 8. The maximum absolute atomic E-state index is 2.45. The van der Waals surface area contributed by atoms with E-state index in [2.05, 4.69) is 221 Å². The van der Waals surface area contributed by atoms with E-state index in [0.29, 0.717) is 0 Å². The predicted molar refractivity (Wildman–Crippen MR) is 233 cm³/mol. The molecule has 0 N–H and O–H groups in total. The molecule has 0 heterocycles. The highest BCUT2D eigenvalue weighted by Gasteiger charge is 2.38. The number of hydrogen-bond donors (Lipinski definition) is 0. The van der Waals surface area contributed by atoms with Crippen molar-refractivity contribution in [2.24, 2.45) is 0 Å². The topological polar surface area (TPSA) is 3.24 Å². The molecule has 0 aliphatic heterocycles. The maximum Gasteiger partial charge on any atom is 0.0465 e. The largest absolute Gasteiger partial charge is 0.310 e. The molecule has 0 saturated carbocycles. The van der Waals surface area contributed by atoms with Crippen LogP contribution < -0.4 is 4.90 Å². The third-order valence-electron chi connectivity index (χ3n) is 12.3. The Labute approximate surface area is 325 Å². The van der Waals surface area contributed by atoms with Crippen LogP contribution in [0.15, 0.2) is 188 Å². The summed E-state index contributed by atoms with van der Waals surface area (Å²) in [5.41, 5.74) is 21.4. The first-order valence-corrected chi connectivity index (χ1v) is 19.4. The first-order chi connectivity index (χ1) is 26.8. The van der Waals surface area contributed by atoms with Gasteiger partial charge in [-0.15, -0.1) is 0 Å². The molecule has 10 rings (SSSR count). The molecule has 1 nitrogen and oxygen atoms in total. The average Bonchev–Trinajstić information content (AvgIpc) is 3.60. The highest BCUT2D eigenvalue weighted by Crippen LogP contribution is 2.53. The van der Waals surface area contributed by atoms with E-state index < -0.39 is 0 Å². The van der Waals surface area contributed by atoms with Crippen LogP contribution in [0.5, 0.6) is 0 Å². The molecule has 2 aliphatic carbocycles. The van der Waals surface area contributed by atoms with Crippen molar-refractivity contribution in [2.75, 3.05) is 4.90 Å². The number of fused-ring (bicyclic) bond motifs is 6. The monoisotopic (exact) mass is 705 g/mol. The second kappa shape index (κ2) is 12.6. The van der Waals surface area contributed by atoms with Crippen molar-refractivity contribution in [3.8, 4) is 55.6 Å². The van der Waals surface area contributed by atoms with Crippen molar-refractivity contribution in [3.05, 3.63) is 210 Å². The molecule has 0 spiro atoms. The van der Waals surface area contributed by atoms with E-state index in [4.69, 9.17) is 0 Å². The Kier molecular flexibility index (Phi) is 7.58. The standard InChI is InChI=1S/C54H43N/c1-53(2)49-18-12-11-17-45(49)47-31-28-43(34-51(47)53)55(42-26-23-40(24-27-42)39-21-19-38(20-22-39)36-13-7-5-8-14-36)44-29-32-48-46-30-25-41(37-15-9-6-10-16-37)33-50(46)54(3,4)52(48)35-44/h5-35H,1-4H3. The van der Waals surface area contributed by atoms with Crippen LogP contribution in [0, 0.1) is 0 Å². The van der Waals surface area contributed by atoms with Crippen LogP contribution >= 0.6 is 0 Å². The number of rotatable bonds is 6. The Morgan fingerprint density at radius 2 is 0.618 bits per heavy atom. The third kappa shape index (κ3) is 5.37. The Morgan fingerprint density at radius 3 is 1.16 bits per heavy atom. The lowest BCUT2D eigenvalue weighted by molar-refractivity contribution is 0.660. The van der Waals surface area contributed by atoms with Gasteiger partial charge in [-0.1, -0.05) is 173 Å². The van der Waals surface area contributed by atoms with Gasteiger partial charge < -0.3 is 4.90 Å². The minimum atomic E-state index is -0.158. The first-order valence-electron chi connectivity index (χ1n) is 19.4. The lowest BCUT2D eigenvalue weighted by atomic mass is 9.81. The Balaban J connectivity index is 1.07. The van der Waals surface area contributed by atoms with Gasteiger partial charge in [0.15, 0.2) is 0 Å². The zero-order valence-electron chi connectivity index (χ0n) is 31.8. The van der Waals surface area contributed by atoms with Gasteiger partial charge in [0, 0.05) is 27.9 Å². The Hall–Kier alpha value is -6.44. The quantitative estimate of drug-likeness (QED) is 0.166. The van der Waals surface area contributed by atoms with Gasteiger partial charge in [-0.2, -0.15) is 0 Å². The second-order valence-electron chi connectivity index (χ2n) is 16.2. The van der Waals surface area contributed by atoms with E-state index in [1.54, 1.807) is 0 Å². The average molecular weight is 706 g/mol. The van der Waals surface area contributed by atoms with Gasteiger partial charge in [0.2, 0.25) is 0 Å². The normalized spacial score (nSPS) is 14.1. The molecule has 8 aromatic rings. The molecular formula is C54H43N. The SMILES string of the molecule is CC1(C)c2ccccc2-c2ccc(N(c3ccc(-c4ccc(-c5ccccc5)cc4)cc3)c3ccc4c(c3)C(C)(C)c3cc(-c5ccccc5)ccc3-4)cc21. The number of nitrogens with zero attached hydrogens (tertiary/aromatic N) is 1. The molecule has 0 bridgehead atoms. The van der Waals surface area contributed by atoms with E-state index in [1.165, 1.54) is 83.6 Å². The van der Waals surface area contributed by atoms with E-state index in [9.17, 15) is 0 Å². The van der Waals surface area contributed by atoms with Gasteiger partial charge in [0.05, 0.1) is 0 Å². The van der Waals surface area contributed by atoms with Crippen molar-refractivity contribution in [2.45, 2.75) is 38.5 Å². The van der Waals surface area contributed by atoms with Crippen LogP contribution in [0.2, 0.25) is 0 Å². The summed E-state index contributed by atoms with van der Waals surface area (Å²) >= 11 is 0. The van der Waals surface area contributed by atoms with Crippen LogP contribution in [-0.4, -0.2) is 0 Å². The zero-order valence-corrected chi connectivity index (χ0v) is 31.8. The maximum atomic E-state index is 2.45. The summed E-state index contributed by atoms with van der Waals surface area (Å²) in [4.78, 5) is 2.45. The fraction of sp³-hybridized carbons (Fsp3) is 0.111. The predicted octanol–water partition coefficient (Wildman–Crippen LogP) is 14.8. The van der Waals surface area contributed by atoms with E-state index in [0.717, 1.165) is 11.4 Å². The lowest BCUT2D eigenvalue weighted by Crippen LogP contribution is -2.18. The van der Waals surface area contributed by atoms with Crippen molar-refractivity contribution in [1.82, 2.24) is 0 Å². The van der Waals surface area contributed by atoms with Crippen molar-refractivity contribution < 1.29 is 0 Å². The lowest BCUT2D eigenvalue weighted by Gasteiger charge is -2.30.